The molecule has 0 saturated carbocycles. The van der Waals surface area contributed by atoms with Gasteiger partial charge in [-0.25, -0.2) is 0 Å². The number of rotatable bonds is 5. The number of pyridine rings is 1. The highest BCUT2D eigenvalue weighted by Crippen LogP contribution is 2.36. The average Bonchev–Trinajstić information content (AvgIpc) is 3.02. The van der Waals surface area contributed by atoms with E-state index in [1.54, 1.807) is 10.4 Å². The van der Waals surface area contributed by atoms with Gasteiger partial charge < -0.3 is 5.32 Å². The monoisotopic (exact) mass is 286 g/mol. The summed E-state index contributed by atoms with van der Waals surface area (Å²) >= 11 is 1.99. The molecule has 1 atom stereocenters. The SMILES string of the molecule is CCCNC(c1cc2c(s1)CCC2)c1cnccc1C. The Kier molecular flexibility index (Phi) is 4.18. The first-order chi connectivity index (χ1) is 9.79. The molecule has 2 nitrogen and oxygen atoms in total. The Morgan fingerprint density at radius 3 is 3.05 bits per heavy atom. The van der Waals surface area contributed by atoms with Gasteiger partial charge in [0.15, 0.2) is 0 Å². The maximum absolute atomic E-state index is 4.33. The van der Waals surface area contributed by atoms with Crippen molar-refractivity contribution in [1.82, 2.24) is 10.3 Å². The molecule has 0 fully saturated rings. The van der Waals surface area contributed by atoms with Gasteiger partial charge in [-0.05, 0) is 68.0 Å². The van der Waals surface area contributed by atoms with Crippen molar-refractivity contribution in [1.29, 1.82) is 0 Å². The zero-order chi connectivity index (χ0) is 13.9. The lowest BCUT2D eigenvalue weighted by molar-refractivity contribution is 0.601. The molecular weight excluding hydrogens is 264 g/mol. The summed E-state index contributed by atoms with van der Waals surface area (Å²) in [6.07, 6.45) is 8.92. The van der Waals surface area contributed by atoms with Gasteiger partial charge in [-0.1, -0.05) is 6.92 Å². The summed E-state index contributed by atoms with van der Waals surface area (Å²) in [6, 6.07) is 4.84. The molecule has 2 aromatic rings. The topological polar surface area (TPSA) is 24.9 Å². The van der Waals surface area contributed by atoms with Gasteiger partial charge in [-0.15, -0.1) is 11.3 Å². The Morgan fingerprint density at radius 2 is 2.30 bits per heavy atom. The van der Waals surface area contributed by atoms with Crippen molar-refractivity contribution < 1.29 is 0 Å². The maximum Gasteiger partial charge on any atom is 0.0688 e. The highest BCUT2D eigenvalue weighted by molar-refractivity contribution is 7.12. The van der Waals surface area contributed by atoms with Crippen LogP contribution in [0.5, 0.6) is 0 Å². The van der Waals surface area contributed by atoms with Gasteiger partial charge in [0.1, 0.15) is 0 Å². The van der Waals surface area contributed by atoms with Crippen LogP contribution < -0.4 is 5.32 Å². The lowest BCUT2D eigenvalue weighted by Gasteiger charge is -2.19. The van der Waals surface area contributed by atoms with E-state index in [0.717, 1.165) is 13.0 Å². The van der Waals surface area contributed by atoms with E-state index >= 15 is 0 Å². The summed E-state index contributed by atoms with van der Waals surface area (Å²) in [5.74, 6) is 0. The second kappa shape index (κ2) is 6.06. The predicted molar refractivity (Wildman–Crippen MR) is 85.5 cm³/mol. The molecule has 0 spiro atoms. The molecule has 1 unspecified atom stereocenters. The van der Waals surface area contributed by atoms with Crippen LogP contribution in [0.15, 0.2) is 24.5 Å². The van der Waals surface area contributed by atoms with E-state index in [9.17, 15) is 0 Å². The molecule has 2 heterocycles. The highest BCUT2D eigenvalue weighted by atomic mass is 32.1. The molecule has 1 aliphatic carbocycles. The molecule has 20 heavy (non-hydrogen) atoms. The van der Waals surface area contributed by atoms with Crippen LogP contribution in [0.2, 0.25) is 0 Å². The lowest BCUT2D eigenvalue weighted by atomic mass is 10.0. The van der Waals surface area contributed by atoms with Gasteiger partial charge in [-0.3, -0.25) is 4.98 Å². The molecule has 3 heteroatoms. The van der Waals surface area contributed by atoms with Crippen molar-refractivity contribution in [2.24, 2.45) is 0 Å². The molecule has 0 bridgehead atoms. The third-order valence-corrected chi connectivity index (χ3v) is 5.34. The summed E-state index contributed by atoms with van der Waals surface area (Å²) in [6.45, 7) is 5.44. The van der Waals surface area contributed by atoms with Crippen LogP contribution in [0.1, 0.15) is 52.3 Å². The Hall–Kier alpha value is -1.19. The fourth-order valence-electron chi connectivity index (χ4n) is 2.93. The number of aryl methyl sites for hydroxylation is 3. The van der Waals surface area contributed by atoms with Crippen LogP contribution in [0.4, 0.5) is 0 Å². The number of nitrogens with zero attached hydrogens (tertiary/aromatic N) is 1. The first-order valence-electron chi connectivity index (χ1n) is 7.55. The smallest absolute Gasteiger partial charge is 0.0688 e. The van der Waals surface area contributed by atoms with Gasteiger partial charge in [0.05, 0.1) is 6.04 Å². The van der Waals surface area contributed by atoms with Crippen LogP contribution in [0, 0.1) is 6.92 Å². The Labute approximate surface area is 125 Å². The molecule has 0 aliphatic heterocycles. The zero-order valence-electron chi connectivity index (χ0n) is 12.3. The molecule has 0 aromatic carbocycles. The van der Waals surface area contributed by atoms with Crippen LogP contribution >= 0.6 is 11.3 Å². The molecule has 0 amide bonds. The van der Waals surface area contributed by atoms with E-state index in [2.05, 4.69) is 36.3 Å². The second-order valence-electron chi connectivity index (χ2n) is 5.57. The first-order valence-corrected chi connectivity index (χ1v) is 8.36. The van der Waals surface area contributed by atoms with Crippen LogP contribution in [-0.4, -0.2) is 11.5 Å². The zero-order valence-corrected chi connectivity index (χ0v) is 13.1. The summed E-state index contributed by atoms with van der Waals surface area (Å²) in [4.78, 5) is 7.39. The van der Waals surface area contributed by atoms with Gasteiger partial charge in [0.2, 0.25) is 0 Å². The number of thiophene rings is 1. The van der Waals surface area contributed by atoms with Crippen LogP contribution in [-0.2, 0) is 12.8 Å². The van der Waals surface area contributed by atoms with E-state index in [1.807, 2.05) is 23.7 Å². The predicted octanol–water partition coefficient (Wildman–Crippen LogP) is 4.03. The minimum atomic E-state index is 0.305. The normalized spacial score (nSPS) is 15.3. The standard InChI is InChI=1S/C17H22N2S/c1-3-8-19-17(14-11-18-9-7-12(14)2)16-10-13-5-4-6-15(13)20-16/h7,9-11,17,19H,3-6,8H2,1-2H3. The maximum atomic E-state index is 4.33. The summed E-state index contributed by atoms with van der Waals surface area (Å²) in [7, 11) is 0. The van der Waals surface area contributed by atoms with Gasteiger partial charge in [0, 0.05) is 22.1 Å². The summed E-state index contributed by atoms with van der Waals surface area (Å²) < 4.78 is 0. The van der Waals surface area contributed by atoms with E-state index in [0.29, 0.717) is 6.04 Å². The molecule has 3 rings (SSSR count). The van der Waals surface area contributed by atoms with Crippen molar-refractivity contribution in [3.63, 3.8) is 0 Å². The van der Waals surface area contributed by atoms with Gasteiger partial charge >= 0.3 is 0 Å². The van der Waals surface area contributed by atoms with Crippen LogP contribution in [0.3, 0.4) is 0 Å². The molecule has 106 valence electrons. The molecule has 1 aliphatic rings. The Balaban J connectivity index is 1.95. The number of nitrogens with one attached hydrogen (secondary N) is 1. The molecule has 2 aromatic heterocycles. The van der Waals surface area contributed by atoms with Crippen molar-refractivity contribution in [3.05, 3.63) is 51.0 Å². The second-order valence-corrected chi connectivity index (χ2v) is 6.74. The number of hydrogen-bond donors (Lipinski definition) is 1. The summed E-state index contributed by atoms with van der Waals surface area (Å²) in [5.41, 5.74) is 4.22. The van der Waals surface area contributed by atoms with Gasteiger partial charge in [0.25, 0.3) is 0 Å². The number of fused-ring (bicyclic) bond motifs is 1. The molecule has 0 radical (unpaired) electrons. The first kappa shape index (κ1) is 13.8. The largest absolute Gasteiger partial charge is 0.306 e. The van der Waals surface area contributed by atoms with E-state index in [-0.39, 0.29) is 0 Å². The van der Waals surface area contributed by atoms with Crippen molar-refractivity contribution in [2.45, 2.75) is 45.6 Å². The molecule has 0 saturated heterocycles. The highest BCUT2D eigenvalue weighted by Gasteiger charge is 2.22. The van der Waals surface area contributed by atoms with Crippen LogP contribution in [0.25, 0.3) is 0 Å². The van der Waals surface area contributed by atoms with E-state index < -0.39 is 0 Å². The Bertz CT molecular complexity index is 567. The summed E-state index contributed by atoms with van der Waals surface area (Å²) in [5, 5.41) is 3.70. The minimum absolute atomic E-state index is 0.305. The fraction of sp³-hybridized carbons (Fsp3) is 0.471. The quantitative estimate of drug-likeness (QED) is 0.897. The van der Waals surface area contributed by atoms with E-state index in [1.165, 1.54) is 35.3 Å². The molecule has 1 N–H and O–H groups in total. The van der Waals surface area contributed by atoms with Crippen molar-refractivity contribution >= 4 is 11.3 Å². The number of hydrogen-bond acceptors (Lipinski definition) is 3. The van der Waals surface area contributed by atoms with Crippen molar-refractivity contribution in [2.75, 3.05) is 6.54 Å². The average molecular weight is 286 g/mol. The van der Waals surface area contributed by atoms with Crippen molar-refractivity contribution in [3.8, 4) is 0 Å². The minimum Gasteiger partial charge on any atom is -0.306 e. The number of aromatic nitrogens is 1. The third kappa shape index (κ3) is 2.65. The lowest BCUT2D eigenvalue weighted by Crippen LogP contribution is -2.23. The van der Waals surface area contributed by atoms with E-state index in [4.69, 9.17) is 0 Å². The van der Waals surface area contributed by atoms with Gasteiger partial charge in [-0.2, -0.15) is 0 Å². The molecular formula is C17H22N2S. The third-order valence-electron chi connectivity index (χ3n) is 4.04. The Morgan fingerprint density at radius 1 is 1.40 bits per heavy atom. The fourth-order valence-corrected chi connectivity index (χ4v) is 4.28.